The lowest BCUT2D eigenvalue weighted by atomic mass is 10.2. The fourth-order valence-corrected chi connectivity index (χ4v) is 1.92. The molecule has 0 saturated heterocycles. The van der Waals surface area contributed by atoms with E-state index in [-0.39, 0.29) is 0 Å². The molecule has 2 aromatic rings. The highest BCUT2D eigenvalue weighted by atomic mass is 79.9. The summed E-state index contributed by atoms with van der Waals surface area (Å²) >= 11 is 3.41. The van der Waals surface area contributed by atoms with Crippen LogP contribution < -0.4 is 10.5 Å². The molecule has 2 rings (SSSR count). The highest BCUT2D eigenvalue weighted by Gasteiger charge is 2.05. The third kappa shape index (κ3) is 3.08. The van der Waals surface area contributed by atoms with E-state index in [1.165, 1.54) is 0 Å². The van der Waals surface area contributed by atoms with Gasteiger partial charge < -0.3 is 15.0 Å². The minimum absolute atomic E-state index is 0.357. The number of nitrogens with two attached hydrogens (primary N) is 1. The van der Waals surface area contributed by atoms with E-state index in [9.17, 15) is 0 Å². The zero-order chi connectivity index (χ0) is 12.3. The van der Waals surface area contributed by atoms with Crippen LogP contribution in [0.1, 0.15) is 17.0 Å². The average molecular weight is 297 g/mol. The number of nitrogens with zero attached hydrogens (tertiary/aromatic N) is 1. The quantitative estimate of drug-likeness (QED) is 0.942. The fraction of sp³-hybridized carbons (Fsp3) is 0.250. The van der Waals surface area contributed by atoms with Crippen LogP contribution in [0.15, 0.2) is 33.3 Å². The maximum absolute atomic E-state index is 5.64. The number of halogens is 1. The van der Waals surface area contributed by atoms with Crippen LogP contribution in [0.2, 0.25) is 0 Å². The van der Waals surface area contributed by atoms with Crippen molar-refractivity contribution in [2.45, 2.75) is 20.1 Å². The molecular weight excluding hydrogens is 284 g/mol. The molecule has 0 atom stereocenters. The van der Waals surface area contributed by atoms with Gasteiger partial charge >= 0.3 is 0 Å². The Labute approximate surface area is 108 Å². The highest BCUT2D eigenvalue weighted by molar-refractivity contribution is 9.10. The first-order valence-electron chi connectivity index (χ1n) is 5.22. The Morgan fingerprint density at radius 1 is 1.41 bits per heavy atom. The molecule has 0 aliphatic carbocycles. The molecule has 90 valence electrons. The molecular formula is C12H13BrN2O2. The molecule has 0 spiro atoms. The normalized spacial score (nSPS) is 10.5. The Hall–Kier alpha value is -1.33. The second kappa shape index (κ2) is 5.33. The highest BCUT2D eigenvalue weighted by Crippen LogP contribution is 2.23. The second-order valence-corrected chi connectivity index (χ2v) is 4.60. The summed E-state index contributed by atoms with van der Waals surface area (Å²) in [7, 11) is 0. The average Bonchev–Trinajstić information content (AvgIpc) is 2.76. The SMILES string of the molecule is Cc1cc(Br)ccc1OCc1cc(CN)no1. The summed E-state index contributed by atoms with van der Waals surface area (Å²) in [6, 6.07) is 7.66. The van der Waals surface area contributed by atoms with E-state index in [1.54, 1.807) is 6.07 Å². The van der Waals surface area contributed by atoms with Gasteiger partial charge in [-0.25, -0.2) is 0 Å². The number of hydrogen-bond donors (Lipinski definition) is 1. The summed E-state index contributed by atoms with van der Waals surface area (Å²) in [5.41, 5.74) is 7.24. The molecule has 17 heavy (non-hydrogen) atoms. The maximum Gasteiger partial charge on any atom is 0.174 e. The first-order valence-corrected chi connectivity index (χ1v) is 6.02. The third-order valence-corrected chi connectivity index (χ3v) is 2.82. The van der Waals surface area contributed by atoms with E-state index in [2.05, 4.69) is 21.1 Å². The zero-order valence-electron chi connectivity index (χ0n) is 9.44. The van der Waals surface area contributed by atoms with Gasteiger partial charge in [0.1, 0.15) is 12.4 Å². The minimum Gasteiger partial charge on any atom is -0.485 e. The fourth-order valence-electron chi connectivity index (χ4n) is 1.44. The van der Waals surface area contributed by atoms with Gasteiger partial charge in [0, 0.05) is 17.1 Å². The summed E-state index contributed by atoms with van der Waals surface area (Å²) in [5, 5.41) is 3.80. The van der Waals surface area contributed by atoms with Gasteiger partial charge in [-0.3, -0.25) is 0 Å². The van der Waals surface area contributed by atoms with Crippen LogP contribution in [-0.2, 0) is 13.2 Å². The third-order valence-electron chi connectivity index (χ3n) is 2.32. The number of aromatic nitrogens is 1. The minimum atomic E-state index is 0.357. The lowest BCUT2D eigenvalue weighted by Crippen LogP contribution is -1.96. The molecule has 0 aliphatic rings. The first-order chi connectivity index (χ1) is 8.19. The zero-order valence-corrected chi connectivity index (χ0v) is 11.0. The lowest BCUT2D eigenvalue weighted by molar-refractivity contribution is 0.247. The standard InChI is InChI=1S/C12H13BrN2O2/c1-8-4-9(13)2-3-12(8)16-7-11-5-10(6-14)15-17-11/h2-5H,6-7,14H2,1H3. The van der Waals surface area contributed by atoms with Gasteiger partial charge in [0.15, 0.2) is 5.76 Å². The van der Waals surface area contributed by atoms with Gasteiger partial charge in [0.2, 0.25) is 0 Å². The molecule has 1 aromatic carbocycles. The molecule has 0 aliphatic heterocycles. The van der Waals surface area contributed by atoms with Gasteiger partial charge in [-0.15, -0.1) is 0 Å². The molecule has 0 amide bonds. The van der Waals surface area contributed by atoms with Gasteiger partial charge in [-0.1, -0.05) is 21.1 Å². The van der Waals surface area contributed by atoms with E-state index in [1.807, 2.05) is 25.1 Å². The Kier molecular flexibility index (Phi) is 3.81. The van der Waals surface area contributed by atoms with Crippen molar-refractivity contribution in [2.24, 2.45) is 5.73 Å². The topological polar surface area (TPSA) is 61.3 Å². The molecule has 1 aromatic heterocycles. The van der Waals surface area contributed by atoms with E-state index in [0.29, 0.717) is 18.9 Å². The van der Waals surface area contributed by atoms with Crippen molar-refractivity contribution in [1.29, 1.82) is 0 Å². The van der Waals surface area contributed by atoms with E-state index in [0.717, 1.165) is 21.5 Å². The molecule has 4 nitrogen and oxygen atoms in total. The molecule has 5 heteroatoms. The Morgan fingerprint density at radius 3 is 2.88 bits per heavy atom. The maximum atomic E-state index is 5.64. The summed E-state index contributed by atoms with van der Waals surface area (Å²) in [5.74, 6) is 1.51. The van der Waals surface area contributed by atoms with Crippen molar-refractivity contribution < 1.29 is 9.26 Å². The van der Waals surface area contributed by atoms with Gasteiger partial charge in [-0.2, -0.15) is 0 Å². The first kappa shape index (κ1) is 12.1. The van der Waals surface area contributed by atoms with Crippen molar-refractivity contribution >= 4 is 15.9 Å². The summed E-state index contributed by atoms with van der Waals surface area (Å²) in [6.45, 7) is 2.72. The molecule has 2 N–H and O–H groups in total. The second-order valence-electron chi connectivity index (χ2n) is 3.69. The molecule has 0 fully saturated rings. The molecule has 0 saturated carbocycles. The van der Waals surface area contributed by atoms with Crippen LogP contribution in [0, 0.1) is 6.92 Å². The Balaban J connectivity index is 2.02. The van der Waals surface area contributed by atoms with Crippen LogP contribution in [0.25, 0.3) is 0 Å². The van der Waals surface area contributed by atoms with Gasteiger partial charge in [0.05, 0.1) is 5.69 Å². The van der Waals surface area contributed by atoms with Gasteiger partial charge in [-0.05, 0) is 30.7 Å². The number of benzene rings is 1. The molecule has 0 unspecified atom stereocenters. The van der Waals surface area contributed by atoms with E-state index < -0.39 is 0 Å². The van der Waals surface area contributed by atoms with E-state index >= 15 is 0 Å². The van der Waals surface area contributed by atoms with E-state index in [4.69, 9.17) is 15.0 Å². The summed E-state index contributed by atoms with van der Waals surface area (Å²) in [4.78, 5) is 0. The van der Waals surface area contributed by atoms with Crippen molar-refractivity contribution in [3.63, 3.8) is 0 Å². The van der Waals surface area contributed by atoms with Crippen molar-refractivity contribution in [1.82, 2.24) is 5.16 Å². The van der Waals surface area contributed by atoms with Crippen LogP contribution in [0.5, 0.6) is 5.75 Å². The molecule has 1 heterocycles. The predicted molar refractivity (Wildman–Crippen MR) is 67.6 cm³/mol. The van der Waals surface area contributed by atoms with Crippen LogP contribution >= 0.6 is 15.9 Å². The number of ether oxygens (including phenoxy) is 1. The number of aryl methyl sites for hydroxylation is 1. The van der Waals surface area contributed by atoms with Crippen molar-refractivity contribution in [3.8, 4) is 5.75 Å². The number of hydrogen-bond acceptors (Lipinski definition) is 4. The smallest absolute Gasteiger partial charge is 0.174 e. The van der Waals surface area contributed by atoms with Gasteiger partial charge in [0.25, 0.3) is 0 Å². The monoisotopic (exact) mass is 296 g/mol. The Morgan fingerprint density at radius 2 is 2.24 bits per heavy atom. The number of rotatable bonds is 4. The van der Waals surface area contributed by atoms with Crippen LogP contribution in [0.3, 0.4) is 0 Å². The summed E-state index contributed by atoms with van der Waals surface area (Å²) < 4.78 is 11.8. The predicted octanol–water partition coefficient (Wildman–Crippen LogP) is 2.78. The summed E-state index contributed by atoms with van der Waals surface area (Å²) in [6.07, 6.45) is 0. The Bertz CT molecular complexity index is 511. The van der Waals surface area contributed by atoms with Crippen LogP contribution in [-0.4, -0.2) is 5.16 Å². The molecule has 0 radical (unpaired) electrons. The largest absolute Gasteiger partial charge is 0.485 e. The van der Waals surface area contributed by atoms with Crippen molar-refractivity contribution in [2.75, 3.05) is 0 Å². The van der Waals surface area contributed by atoms with Crippen molar-refractivity contribution in [3.05, 3.63) is 45.8 Å². The molecule has 0 bridgehead atoms. The van der Waals surface area contributed by atoms with Crippen LogP contribution in [0.4, 0.5) is 0 Å². The lowest BCUT2D eigenvalue weighted by Gasteiger charge is -2.07.